The maximum absolute atomic E-state index is 11.2. The molecule has 0 aromatic carbocycles. The van der Waals surface area contributed by atoms with Crippen LogP contribution in [0.5, 0.6) is 0 Å². The first-order valence-electron chi connectivity index (χ1n) is 5.54. The predicted octanol–water partition coefficient (Wildman–Crippen LogP) is 1.38. The molecule has 16 heavy (non-hydrogen) atoms. The van der Waals surface area contributed by atoms with Gasteiger partial charge in [0.25, 0.3) is 0 Å². The van der Waals surface area contributed by atoms with Crippen molar-refractivity contribution in [2.45, 2.75) is 57.7 Å². The molecule has 1 aliphatic rings. The summed E-state index contributed by atoms with van der Waals surface area (Å²) in [5.74, 6) is -0.380. The largest absolute Gasteiger partial charge is 0.459 e. The first-order valence-corrected chi connectivity index (χ1v) is 5.54. The average molecular weight is 228 g/mol. The Morgan fingerprint density at radius 2 is 1.81 bits per heavy atom. The number of piperidine rings is 1. The van der Waals surface area contributed by atoms with Gasteiger partial charge >= 0.3 is 5.97 Å². The molecule has 0 aromatic rings. The fraction of sp³-hybridized carbons (Fsp3) is 0.750. The Labute approximate surface area is 96.8 Å². The highest BCUT2D eigenvalue weighted by molar-refractivity contribution is 5.81. The molecule has 1 heterocycles. The van der Waals surface area contributed by atoms with E-state index in [2.05, 4.69) is 6.58 Å². The lowest BCUT2D eigenvalue weighted by molar-refractivity contribution is -0.259. The maximum atomic E-state index is 11.2. The molecule has 1 rings (SSSR count). The highest BCUT2D eigenvalue weighted by atomic mass is 16.5. The van der Waals surface area contributed by atoms with Crippen LogP contribution in [0, 0.1) is 0 Å². The second-order valence-electron chi connectivity index (χ2n) is 5.63. The number of rotatable bonds is 2. The van der Waals surface area contributed by atoms with Gasteiger partial charge in [-0.1, -0.05) is 11.6 Å². The van der Waals surface area contributed by atoms with E-state index in [4.69, 9.17) is 9.94 Å². The number of hydrogen-bond donors (Lipinski definition) is 0. The molecule has 0 bridgehead atoms. The maximum Gasteiger partial charge on any atom is 0.330 e. The van der Waals surface area contributed by atoms with E-state index in [9.17, 15) is 4.79 Å². The number of hydrogen-bond acceptors (Lipinski definition) is 3. The van der Waals surface area contributed by atoms with Crippen LogP contribution < -0.4 is 0 Å². The van der Waals surface area contributed by atoms with Crippen molar-refractivity contribution in [2.24, 2.45) is 0 Å². The molecule has 0 aliphatic carbocycles. The van der Waals surface area contributed by atoms with Crippen LogP contribution in [0.1, 0.15) is 40.5 Å². The van der Waals surface area contributed by atoms with Crippen molar-refractivity contribution in [3.8, 4) is 0 Å². The molecular weight excluding hydrogens is 206 g/mol. The van der Waals surface area contributed by atoms with E-state index >= 15 is 0 Å². The zero-order valence-corrected chi connectivity index (χ0v) is 10.5. The van der Waals surface area contributed by atoms with Crippen molar-refractivity contribution in [1.82, 2.24) is 5.06 Å². The van der Waals surface area contributed by atoms with E-state index in [-0.39, 0.29) is 23.2 Å². The van der Waals surface area contributed by atoms with Crippen molar-refractivity contribution in [2.75, 3.05) is 0 Å². The molecule has 0 radical (unpaired) electrons. The third-order valence-corrected chi connectivity index (χ3v) is 3.11. The van der Waals surface area contributed by atoms with Crippen LogP contribution in [-0.4, -0.2) is 33.4 Å². The minimum Gasteiger partial charge on any atom is -0.459 e. The van der Waals surface area contributed by atoms with Gasteiger partial charge in [-0.25, -0.2) is 4.79 Å². The summed E-state index contributed by atoms with van der Waals surface area (Å²) >= 11 is 0. The second-order valence-corrected chi connectivity index (χ2v) is 5.63. The zero-order valence-electron chi connectivity index (χ0n) is 10.5. The van der Waals surface area contributed by atoms with Gasteiger partial charge in [-0.05, 0) is 27.7 Å². The topological polar surface area (TPSA) is 52.4 Å². The van der Waals surface area contributed by atoms with Gasteiger partial charge in [0.1, 0.15) is 6.10 Å². The quantitative estimate of drug-likeness (QED) is 0.407. The Kier molecular flexibility index (Phi) is 3.45. The molecule has 92 valence electrons. The molecule has 0 aromatic heterocycles. The summed E-state index contributed by atoms with van der Waals surface area (Å²) in [6, 6.07) is 0. The lowest BCUT2D eigenvalue weighted by atomic mass is 9.80. The standard InChI is InChI=1S/C12H21NO3/c1-6-10(14)16-9-7-11(2,3)13(15)12(4,5)8-9/h6,9,15H,1,7-8H2,2-5H3/p+1. The smallest absolute Gasteiger partial charge is 0.330 e. The van der Waals surface area contributed by atoms with Gasteiger partial charge in [0.05, 0.1) is 11.1 Å². The third kappa shape index (κ3) is 2.62. The fourth-order valence-corrected chi connectivity index (χ4v) is 2.48. The summed E-state index contributed by atoms with van der Waals surface area (Å²) in [6.07, 6.45) is 2.42. The molecule has 0 atom stereocenters. The van der Waals surface area contributed by atoms with E-state index < -0.39 is 0 Å². The number of carbonyl (C=O) groups excluding carboxylic acids is 1. The second kappa shape index (κ2) is 4.18. The van der Waals surface area contributed by atoms with Crippen LogP contribution in [-0.2, 0) is 9.53 Å². The number of esters is 1. The highest BCUT2D eigenvalue weighted by Crippen LogP contribution is 2.37. The van der Waals surface area contributed by atoms with Gasteiger partial charge in [-0.2, -0.15) is 0 Å². The van der Waals surface area contributed by atoms with Crippen LogP contribution in [0.25, 0.3) is 0 Å². The van der Waals surface area contributed by atoms with E-state index in [1.807, 2.05) is 27.7 Å². The predicted molar refractivity (Wildman–Crippen MR) is 62.9 cm³/mol. The van der Waals surface area contributed by atoms with Crippen molar-refractivity contribution in [3.63, 3.8) is 0 Å². The summed E-state index contributed by atoms with van der Waals surface area (Å²) in [5.41, 5.74) is -0.568. The molecule has 0 spiro atoms. The fourth-order valence-electron chi connectivity index (χ4n) is 2.48. The lowest BCUT2D eigenvalue weighted by Crippen LogP contribution is -2.60. The Morgan fingerprint density at radius 3 is 2.19 bits per heavy atom. The van der Waals surface area contributed by atoms with Crippen LogP contribution in [0.15, 0.2) is 12.7 Å². The summed E-state index contributed by atoms with van der Waals surface area (Å²) in [5, 5.41) is 9.68. The highest BCUT2D eigenvalue weighted by Gasteiger charge is 2.49. The van der Waals surface area contributed by atoms with E-state index in [1.54, 1.807) is 5.06 Å². The SMILES string of the molecule is C=CC(=O)OC1CC(C)(C)N([OH2+])C(C)(C)C1. The zero-order chi connectivity index (χ0) is 12.6. The molecular formula is C12H22NO3+. The number of ether oxygens (including phenoxy) is 1. The monoisotopic (exact) mass is 228 g/mol. The van der Waals surface area contributed by atoms with Gasteiger partial charge in [0, 0.05) is 18.9 Å². The molecule has 1 fully saturated rings. The molecule has 0 unspecified atom stereocenters. The molecule has 2 N–H and O–H groups in total. The van der Waals surface area contributed by atoms with Crippen LogP contribution >= 0.6 is 0 Å². The summed E-state index contributed by atoms with van der Waals surface area (Å²) in [4.78, 5) is 11.2. The Morgan fingerprint density at radius 1 is 1.38 bits per heavy atom. The minimum absolute atomic E-state index is 0.128. The minimum atomic E-state index is -0.380. The van der Waals surface area contributed by atoms with Gasteiger partial charge in [0.2, 0.25) is 0 Å². The normalized spacial score (nSPS) is 25.1. The van der Waals surface area contributed by atoms with Crippen LogP contribution in [0.2, 0.25) is 0 Å². The van der Waals surface area contributed by atoms with E-state index in [1.165, 1.54) is 6.08 Å². The van der Waals surface area contributed by atoms with Crippen LogP contribution in [0.4, 0.5) is 0 Å². The molecule has 4 heteroatoms. The van der Waals surface area contributed by atoms with E-state index in [0.29, 0.717) is 12.8 Å². The van der Waals surface area contributed by atoms with Crippen LogP contribution in [0.3, 0.4) is 0 Å². The first kappa shape index (κ1) is 13.2. The van der Waals surface area contributed by atoms with Crippen molar-refractivity contribution in [1.29, 1.82) is 0 Å². The summed E-state index contributed by atoms with van der Waals surface area (Å²) < 4.78 is 5.29. The summed E-state index contributed by atoms with van der Waals surface area (Å²) in [6.45, 7) is 11.4. The number of carbonyl (C=O) groups is 1. The number of hydroxylamine groups is 2. The van der Waals surface area contributed by atoms with Crippen molar-refractivity contribution >= 4 is 5.97 Å². The third-order valence-electron chi connectivity index (χ3n) is 3.11. The Bertz CT molecular complexity index is 279. The molecule has 0 saturated carbocycles. The molecule has 4 nitrogen and oxygen atoms in total. The average Bonchev–Trinajstić information content (AvgIpc) is 2.13. The van der Waals surface area contributed by atoms with Gasteiger partial charge in [-0.3, -0.25) is 0 Å². The Hall–Kier alpha value is -0.870. The first-order chi connectivity index (χ1) is 7.19. The molecule has 1 saturated heterocycles. The van der Waals surface area contributed by atoms with Crippen molar-refractivity contribution in [3.05, 3.63) is 12.7 Å². The van der Waals surface area contributed by atoms with E-state index in [0.717, 1.165) is 0 Å². The van der Waals surface area contributed by atoms with Gasteiger partial charge in [-0.15, -0.1) is 0 Å². The number of nitrogens with zero attached hydrogens (tertiary/aromatic N) is 1. The molecule has 0 amide bonds. The Balaban J connectivity index is 2.78. The van der Waals surface area contributed by atoms with Gasteiger partial charge < -0.3 is 9.94 Å². The van der Waals surface area contributed by atoms with Crippen molar-refractivity contribution < 1.29 is 14.7 Å². The lowest BCUT2D eigenvalue weighted by Gasteiger charge is -2.47. The van der Waals surface area contributed by atoms with Gasteiger partial charge in [0.15, 0.2) is 0 Å². The molecule has 1 aliphatic heterocycles. The summed E-state index contributed by atoms with van der Waals surface area (Å²) in [7, 11) is 0.